The van der Waals surface area contributed by atoms with Gasteiger partial charge in [-0.15, -0.1) is 0 Å². The van der Waals surface area contributed by atoms with E-state index in [4.69, 9.17) is 0 Å². The number of benzene rings is 1. The van der Waals surface area contributed by atoms with E-state index in [0.29, 0.717) is 6.04 Å². The van der Waals surface area contributed by atoms with Crippen LogP contribution in [0.4, 0.5) is 0 Å². The largest absolute Gasteiger partial charge is 0.395 e. The Balaban J connectivity index is 1.86. The molecule has 1 aromatic carbocycles. The average Bonchev–Trinajstić information content (AvgIpc) is 2.48. The number of hydrogen-bond donors (Lipinski definition) is 2. The van der Waals surface area contributed by atoms with Crippen LogP contribution in [0.2, 0.25) is 0 Å². The fraction of sp³-hybridized carbons (Fsp3) is 0.667. The van der Waals surface area contributed by atoms with Crippen LogP contribution in [-0.4, -0.2) is 23.8 Å². The van der Waals surface area contributed by atoms with E-state index in [1.807, 2.05) is 6.07 Å². The third-order valence-corrected chi connectivity index (χ3v) is 4.67. The van der Waals surface area contributed by atoms with Gasteiger partial charge in [-0.3, -0.25) is 0 Å². The topological polar surface area (TPSA) is 32.3 Å². The Labute approximate surface area is 123 Å². The van der Waals surface area contributed by atoms with E-state index in [2.05, 4.69) is 43.4 Å². The molecule has 1 fully saturated rings. The van der Waals surface area contributed by atoms with Gasteiger partial charge in [0.1, 0.15) is 0 Å². The minimum absolute atomic E-state index is 0.188. The van der Waals surface area contributed by atoms with Crippen LogP contribution < -0.4 is 5.32 Å². The fourth-order valence-corrected chi connectivity index (χ4v) is 3.39. The summed E-state index contributed by atoms with van der Waals surface area (Å²) in [4.78, 5) is 0. The van der Waals surface area contributed by atoms with Crippen molar-refractivity contribution in [3.8, 4) is 0 Å². The highest BCUT2D eigenvalue weighted by Crippen LogP contribution is 2.30. The maximum Gasteiger partial charge on any atom is 0.0587 e. The van der Waals surface area contributed by atoms with Crippen molar-refractivity contribution < 1.29 is 5.11 Å². The summed E-state index contributed by atoms with van der Waals surface area (Å²) in [5, 5.41) is 13.3. The molecule has 1 saturated carbocycles. The molecular weight excluding hydrogens is 246 g/mol. The van der Waals surface area contributed by atoms with Gasteiger partial charge in [-0.2, -0.15) is 0 Å². The summed E-state index contributed by atoms with van der Waals surface area (Å²) >= 11 is 0. The van der Waals surface area contributed by atoms with Crippen molar-refractivity contribution in [3.05, 3.63) is 35.9 Å². The number of rotatable bonds is 6. The Morgan fingerprint density at radius 3 is 2.60 bits per heavy atom. The third kappa shape index (κ3) is 4.60. The van der Waals surface area contributed by atoms with Gasteiger partial charge in [-0.05, 0) is 36.7 Å². The summed E-state index contributed by atoms with van der Waals surface area (Å²) in [5.41, 5.74) is 1.30. The first-order valence-corrected chi connectivity index (χ1v) is 8.10. The molecule has 0 bridgehead atoms. The van der Waals surface area contributed by atoms with E-state index >= 15 is 0 Å². The molecule has 0 amide bonds. The number of aliphatic hydroxyl groups excluding tert-OH is 1. The first-order valence-electron chi connectivity index (χ1n) is 8.10. The smallest absolute Gasteiger partial charge is 0.0587 e. The Bertz CT molecular complexity index is 376. The zero-order valence-electron chi connectivity index (χ0n) is 12.9. The molecule has 112 valence electrons. The van der Waals surface area contributed by atoms with Crippen molar-refractivity contribution in [2.24, 2.45) is 11.8 Å². The summed E-state index contributed by atoms with van der Waals surface area (Å²) in [7, 11) is 0. The lowest BCUT2D eigenvalue weighted by molar-refractivity contribution is 0.185. The van der Waals surface area contributed by atoms with Gasteiger partial charge >= 0.3 is 0 Å². The van der Waals surface area contributed by atoms with Crippen LogP contribution >= 0.6 is 0 Å². The minimum Gasteiger partial charge on any atom is -0.395 e. The lowest BCUT2D eigenvalue weighted by Crippen LogP contribution is -2.44. The lowest BCUT2D eigenvalue weighted by Gasteiger charge is -2.34. The van der Waals surface area contributed by atoms with Gasteiger partial charge in [0.15, 0.2) is 0 Å². The van der Waals surface area contributed by atoms with Crippen molar-refractivity contribution in [3.63, 3.8) is 0 Å². The molecule has 3 atom stereocenters. The highest BCUT2D eigenvalue weighted by molar-refractivity contribution is 5.16. The van der Waals surface area contributed by atoms with Crippen LogP contribution in [-0.2, 0) is 6.42 Å². The van der Waals surface area contributed by atoms with Crippen molar-refractivity contribution >= 4 is 0 Å². The molecule has 0 aromatic heterocycles. The zero-order chi connectivity index (χ0) is 14.4. The first-order chi connectivity index (χ1) is 9.69. The van der Waals surface area contributed by atoms with Crippen molar-refractivity contribution in [1.29, 1.82) is 0 Å². The lowest BCUT2D eigenvalue weighted by atomic mass is 9.79. The molecule has 2 rings (SSSR count). The molecule has 2 nitrogen and oxygen atoms in total. The summed E-state index contributed by atoms with van der Waals surface area (Å²) in [6, 6.07) is 11.2. The second-order valence-electron chi connectivity index (χ2n) is 6.60. The molecule has 2 N–H and O–H groups in total. The van der Waals surface area contributed by atoms with Gasteiger partial charge in [0.05, 0.1) is 6.61 Å². The SMILES string of the molecule is CC(C)C1CCCC(N[C@@H](CO)Cc2ccccc2)C1. The molecular formula is C18H29NO. The van der Waals surface area contributed by atoms with Gasteiger partial charge < -0.3 is 10.4 Å². The molecule has 0 saturated heterocycles. The molecule has 20 heavy (non-hydrogen) atoms. The first kappa shape index (κ1) is 15.5. The predicted octanol–water partition coefficient (Wildman–Crippen LogP) is 3.39. The van der Waals surface area contributed by atoms with Crippen LogP contribution in [0.15, 0.2) is 30.3 Å². The van der Waals surface area contributed by atoms with E-state index < -0.39 is 0 Å². The Morgan fingerprint density at radius 2 is 1.95 bits per heavy atom. The molecule has 1 aliphatic rings. The van der Waals surface area contributed by atoms with Crippen LogP contribution in [0.3, 0.4) is 0 Å². The highest BCUT2D eigenvalue weighted by Gasteiger charge is 2.25. The number of aliphatic hydroxyl groups is 1. The Hall–Kier alpha value is -0.860. The van der Waals surface area contributed by atoms with Crippen LogP contribution in [0.25, 0.3) is 0 Å². The summed E-state index contributed by atoms with van der Waals surface area (Å²) in [6.07, 6.45) is 6.14. The minimum atomic E-state index is 0.188. The van der Waals surface area contributed by atoms with E-state index in [0.717, 1.165) is 18.3 Å². The quantitative estimate of drug-likeness (QED) is 0.834. The van der Waals surface area contributed by atoms with Crippen molar-refractivity contribution in [2.45, 2.75) is 58.0 Å². The summed E-state index contributed by atoms with van der Waals surface area (Å²) in [6.45, 7) is 4.89. The Kier molecular flexibility index (Phi) is 6.06. The van der Waals surface area contributed by atoms with E-state index in [1.54, 1.807) is 0 Å². The van der Waals surface area contributed by atoms with Gasteiger partial charge in [0.2, 0.25) is 0 Å². The van der Waals surface area contributed by atoms with Gasteiger partial charge in [-0.1, -0.05) is 57.0 Å². The molecule has 0 radical (unpaired) electrons. The molecule has 2 heteroatoms. The van der Waals surface area contributed by atoms with Crippen molar-refractivity contribution in [1.82, 2.24) is 5.32 Å². The van der Waals surface area contributed by atoms with Crippen molar-refractivity contribution in [2.75, 3.05) is 6.61 Å². The number of nitrogens with one attached hydrogen (secondary N) is 1. The van der Waals surface area contributed by atoms with E-state index in [9.17, 15) is 5.11 Å². The number of hydrogen-bond acceptors (Lipinski definition) is 2. The highest BCUT2D eigenvalue weighted by atomic mass is 16.3. The van der Waals surface area contributed by atoms with Crippen LogP contribution in [0.5, 0.6) is 0 Å². The molecule has 0 spiro atoms. The van der Waals surface area contributed by atoms with Crippen LogP contribution in [0, 0.1) is 11.8 Å². The van der Waals surface area contributed by atoms with Gasteiger partial charge in [-0.25, -0.2) is 0 Å². The maximum absolute atomic E-state index is 9.63. The molecule has 0 aliphatic heterocycles. The van der Waals surface area contributed by atoms with Gasteiger partial charge in [0, 0.05) is 12.1 Å². The third-order valence-electron chi connectivity index (χ3n) is 4.67. The van der Waals surface area contributed by atoms with Gasteiger partial charge in [0.25, 0.3) is 0 Å². The summed E-state index contributed by atoms with van der Waals surface area (Å²) in [5.74, 6) is 1.62. The van der Waals surface area contributed by atoms with E-state index in [-0.39, 0.29) is 12.6 Å². The predicted molar refractivity (Wildman–Crippen MR) is 84.7 cm³/mol. The molecule has 1 aliphatic carbocycles. The monoisotopic (exact) mass is 275 g/mol. The second-order valence-corrected chi connectivity index (χ2v) is 6.60. The average molecular weight is 275 g/mol. The normalized spacial score (nSPS) is 24.8. The molecule has 0 heterocycles. The Morgan fingerprint density at radius 1 is 1.20 bits per heavy atom. The van der Waals surface area contributed by atoms with Crippen LogP contribution in [0.1, 0.15) is 45.1 Å². The van der Waals surface area contributed by atoms with E-state index in [1.165, 1.54) is 31.2 Å². The maximum atomic E-state index is 9.63. The molecule has 1 aromatic rings. The standard InChI is InChI=1S/C18H29NO/c1-14(2)16-9-6-10-17(12-16)19-18(13-20)11-15-7-4-3-5-8-15/h3-5,7-8,14,16-20H,6,9-13H2,1-2H3/t16?,17?,18-/m1/s1. The second kappa shape index (κ2) is 7.80. The summed E-state index contributed by atoms with van der Waals surface area (Å²) < 4.78 is 0. The molecule has 2 unspecified atom stereocenters. The fourth-order valence-electron chi connectivity index (χ4n) is 3.39. The zero-order valence-corrected chi connectivity index (χ0v) is 12.9.